The van der Waals surface area contributed by atoms with Gasteiger partial charge in [-0.2, -0.15) is 0 Å². The topological polar surface area (TPSA) is 76.9 Å². The summed E-state index contributed by atoms with van der Waals surface area (Å²) >= 11 is 4.29. The number of hydrogen-bond donors (Lipinski definition) is 1. The maximum absolute atomic E-state index is 13.2. The SMILES string of the molecule is Cc1sc(NC(=O)Cn2cnc3scc(-c4cccs4)c3c2=O)nc1-c1ccc(F)cc1. The molecule has 0 bridgehead atoms. The zero-order valence-electron chi connectivity index (χ0n) is 16.7. The molecular formula is C22H15FN4O2S3. The highest BCUT2D eigenvalue weighted by atomic mass is 32.1. The van der Waals surface area contributed by atoms with Crippen molar-refractivity contribution >= 4 is 55.3 Å². The lowest BCUT2D eigenvalue weighted by atomic mass is 10.1. The lowest BCUT2D eigenvalue weighted by Crippen LogP contribution is -2.27. The Hall–Kier alpha value is -3.21. The molecule has 32 heavy (non-hydrogen) atoms. The Kier molecular flexibility index (Phi) is 5.41. The number of rotatable bonds is 5. The molecule has 0 unspecified atom stereocenters. The molecule has 10 heteroatoms. The Morgan fingerprint density at radius 1 is 1.19 bits per heavy atom. The molecule has 0 atom stereocenters. The first-order chi connectivity index (χ1) is 15.5. The van der Waals surface area contributed by atoms with E-state index in [2.05, 4.69) is 15.3 Å². The second-order valence-electron chi connectivity index (χ2n) is 6.96. The van der Waals surface area contributed by atoms with E-state index in [1.165, 1.54) is 45.7 Å². The van der Waals surface area contributed by atoms with Gasteiger partial charge in [0.05, 0.1) is 17.4 Å². The van der Waals surface area contributed by atoms with Crippen molar-refractivity contribution in [2.24, 2.45) is 0 Å². The summed E-state index contributed by atoms with van der Waals surface area (Å²) in [6.45, 7) is 1.71. The minimum absolute atomic E-state index is 0.175. The summed E-state index contributed by atoms with van der Waals surface area (Å²) in [6.07, 6.45) is 1.40. The number of benzene rings is 1. The summed E-state index contributed by atoms with van der Waals surface area (Å²) in [5, 5.41) is 7.58. The molecule has 0 saturated heterocycles. The van der Waals surface area contributed by atoms with Crippen LogP contribution in [-0.2, 0) is 11.3 Å². The van der Waals surface area contributed by atoms with Gasteiger partial charge in [-0.3, -0.25) is 14.2 Å². The van der Waals surface area contributed by atoms with Gasteiger partial charge in [-0.1, -0.05) is 6.07 Å². The highest BCUT2D eigenvalue weighted by Gasteiger charge is 2.17. The quantitative estimate of drug-likeness (QED) is 0.364. The molecule has 0 aliphatic rings. The third-order valence-electron chi connectivity index (χ3n) is 4.82. The number of aryl methyl sites for hydroxylation is 1. The number of nitrogens with zero attached hydrogens (tertiary/aromatic N) is 3. The summed E-state index contributed by atoms with van der Waals surface area (Å²) in [5.74, 6) is -0.695. The Bertz CT molecular complexity index is 1480. The van der Waals surface area contributed by atoms with E-state index >= 15 is 0 Å². The van der Waals surface area contributed by atoms with E-state index < -0.39 is 0 Å². The van der Waals surface area contributed by atoms with Gasteiger partial charge >= 0.3 is 0 Å². The standard InChI is InChI=1S/C22H15FN4O2S3/c1-12-19(13-4-6-14(23)7-5-13)26-22(32-12)25-17(28)9-27-11-24-20-18(21(27)29)15(10-31-20)16-3-2-8-30-16/h2-8,10-11H,9H2,1H3,(H,25,26,28). The fraction of sp³-hybridized carbons (Fsp3) is 0.0909. The number of nitrogens with one attached hydrogen (secondary N) is 1. The fourth-order valence-electron chi connectivity index (χ4n) is 3.33. The number of halogens is 1. The number of amides is 1. The molecule has 4 aromatic heterocycles. The van der Waals surface area contributed by atoms with Gasteiger partial charge in [0.25, 0.3) is 5.56 Å². The number of thiazole rings is 1. The van der Waals surface area contributed by atoms with E-state index in [0.29, 0.717) is 21.0 Å². The van der Waals surface area contributed by atoms with Gasteiger partial charge in [-0.05, 0) is 42.6 Å². The zero-order chi connectivity index (χ0) is 22.2. The molecule has 4 heterocycles. The minimum Gasteiger partial charge on any atom is -0.300 e. The largest absolute Gasteiger partial charge is 0.300 e. The van der Waals surface area contributed by atoms with Crippen LogP contribution in [-0.4, -0.2) is 20.4 Å². The molecule has 5 aromatic rings. The molecule has 0 saturated carbocycles. The lowest BCUT2D eigenvalue weighted by Gasteiger charge is -2.05. The van der Waals surface area contributed by atoms with Crippen LogP contribution in [0.4, 0.5) is 9.52 Å². The number of fused-ring (bicyclic) bond motifs is 1. The number of carbonyl (C=O) groups is 1. The highest BCUT2D eigenvalue weighted by Crippen LogP contribution is 2.33. The second-order valence-corrected chi connectivity index (χ2v) is 9.97. The summed E-state index contributed by atoms with van der Waals surface area (Å²) in [5.41, 5.74) is 2.04. The van der Waals surface area contributed by atoms with Crippen molar-refractivity contribution in [3.63, 3.8) is 0 Å². The average Bonchev–Trinajstić information content (AvgIpc) is 3.50. The van der Waals surface area contributed by atoms with Crippen LogP contribution in [0.1, 0.15) is 4.88 Å². The number of thiophene rings is 2. The fourth-order valence-corrected chi connectivity index (χ4v) is 5.91. The number of aromatic nitrogens is 3. The van der Waals surface area contributed by atoms with Crippen LogP contribution < -0.4 is 10.9 Å². The molecule has 6 nitrogen and oxygen atoms in total. The molecule has 1 aromatic carbocycles. The van der Waals surface area contributed by atoms with E-state index in [1.807, 2.05) is 29.8 Å². The van der Waals surface area contributed by atoms with Crippen molar-refractivity contribution in [3.8, 4) is 21.7 Å². The Morgan fingerprint density at radius 2 is 2.00 bits per heavy atom. The normalized spacial score (nSPS) is 11.2. The maximum Gasteiger partial charge on any atom is 0.263 e. The van der Waals surface area contributed by atoms with Gasteiger partial charge in [0.1, 0.15) is 17.2 Å². The predicted molar refractivity (Wildman–Crippen MR) is 128 cm³/mol. The highest BCUT2D eigenvalue weighted by molar-refractivity contribution is 7.18. The predicted octanol–water partition coefficient (Wildman–Crippen LogP) is 5.40. The van der Waals surface area contributed by atoms with E-state index in [4.69, 9.17) is 0 Å². The first-order valence-corrected chi connectivity index (χ1v) is 12.1. The molecular weight excluding hydrogens is 467 g/mol. The van der Waals surface area contributed by atoms with Crippen molar-refractivity contribution in [2.75, 3.05) is 5.32 Å². The molecule has 0 fully saturated rings. The van der Waals surface area contributed by atoms with Crippen LogP contribution in [0, 0.1) is 12.7 Å². The summed E-state index contributed by atoms with van der Waals surface area (Å²) in [7, 11) is 0. The van der Waals surface area contributed by atoms with Crippen LogP contribution in [0.15, 0.2) is 58.3 Å². The lowest BCUT2D eigenvalue weighted by molar-refractivity contribution is -0.116. The van der Waals surface area contributed by atoms with E-state index in [0.717, 1.165) is 20.9 Å². The van der Waals surface area contributed by atoms with Crippen LogP contribution in [0.3, 0.4) is 0 Å². The van der Waals surface area contributed by atoms with Crippen molar-refractivity contribution in [3.05, 3.63) is 74.5 Å². The van der Waals surface area contributed by atoms with Crippen LogP contribution >= 0.6 is 34.0 Å². The van der Waals surface area contributed by atoms with Crippen molar-refractivity contribution < 1.29 is 9.18 Å². The molecule has 5 rings (SSSR count). The van der Waals surface area contributed by atoms with Crippen molar-refractivity contribution in [2.45, 2.75) is 13.5 Å². The first kappa shape index (κ1) is 20.7. The van der Waals surface area contributed by atoms with Gasteiger partial charge in [-0.15, -0.1) is 34.0 Å². The molecule has 1 N–H and O–H groups in total. The Balaban J connectivity index is 1.38. The zero-order valence-corrected chi connectivity index (χ0v) is 19.1. The molecule has 1 amide bonds. The summed E-state index contributed by atoms with van der Waals surface area (Å²) < 4.78 is 14.5. The average molecular weight is 483 g/mol. The van der Waals surface area contributed by atoms with Gasteiger partial charge in [0, 0.05) is 26.3 Å². The Labute approximate surface area is 193 Å². The van der Waals surface area contributed by atoms with Gasteiger partial charge in [0.2, 0.25) is 5.91 Å². The van der Waals surface area contributed by atoms with Crippen LogP contribution in [0.25, 0.3) is 31.9 Å². The number of hydrogen-bond acceptors (Lipinski definition) is 7. The molecule has 0 radical (unpaired) electrons. The smallest absolute Gasteiger partial charge is 0.263 e. The monoisotopic (exact) mass is 482 g/mol. The first-order valence-electron chi connectivity index (χ1n) is 9.53. The minimum atomic E-state index is -0.374. The molecule has 0 aliphatic carbocycles. The third-order valence-corrected chi connectivity index (χ3v) is 7.50. The van der Waals surface area contributed by atoms with Crippen molar-refractivity contribution in [1.82, 2.24) is 14.5 Å². The van der Waals surface area contributed by atoms with Crippen LogP contribution in [0.5, 0.6) is 0 Å². The summed E-state index contributed by atoms with van der Waals surface area (Å²) in [4.78, 5) is 37.1. The third kappa shape index (κ3) is 3.88. The van der Waals surface area contributed by atoms with Crippen LogP contribution in [0.2, 0.25) is 0 Å². The number of anilines is 1. The van der Waals surface area contributed by atoms with Gasteiger partial charge in [-0.25, -0.2) is 14.4 Å². The summed E-state index contributed by atoms with van der Waals surface area (Å²) in [6, 6.07) is 9.93. The maximum atomic E-state index is 13.2. The second kappa shape index (κ2) is 8.38. The molecule has 0 spiro atoms. The molecule has 0 aliphatic heterocycles. The van der Waals surface area contributed by atoms with Gasteiger partial charge < -0.3 is 5.32 Å². The van der Waals surface area contributed by atoms with Crippen molar-refractivity contribution in [1.29, 1.82) is 0 Å². The Morgan fingerprint density at radius 3 is 2.75 bits per heavy atom. The van der Waals surface area contributed by atoms with E-state index in [-0.39, 0.29) is 23.8 Å². The van der Waals surface area contributed by atoms with Gasteiger partial charge in [0.15, 0.2) is 5.13 Å². The van der Waals surface area contributed by atoms with E-state index in [9.17, 15) is 14.0 Å². The molecule has 160 valence electrons. The van der Waals surface area contributed by atoms with E-state index in [1.54, 1.807) is 23.5 Å². The number of carbonyl (C=O) groups excluding carboxylic acids is 1.